The van der Waals surface area contributed by atoms with E-state index in [0.29, 0.717) is 19.8 Å². The predicted molar refractivity (Wildman–Crippen MR) is 64.6 cm³/mol. The average molecular weight is 242 g/mol. The number of halogens is 1. The molecule has 2 rings (SSSR count). The summed E-state index contributed by atoms with van der Waals surface area (Å²) in [5.41, 5.74) is 7.64. The van der Waals surface area contributed by atoms with Gasteiger partial charge in [-0.05, 0) is 31.0 Å². The van der Waals surface area contributed by atoms with Crippen molar-refractivity contribution < 1.29 is 9.47 Å². The highest BCUT2D eigenvalue weighted by Gasteiger charge is 2.21. The summed E-state index contributed by atoms with van der Waals surface area (Å²) in [4.78, 5) is 0. The molecule has 0 spiro atoms. The summed E-state index contributed by atoms with van der Waals surface area (Å²) in [5, 5.41) is 0.738. The highest BCUT2D eigenvalue weighted by Crippen LogP contribution is 2.41. The van der Waals surface area contributed by atoms with Gasteiger partial charge < -0.3 is 15.2 Å². The maximum absolute atomic E-state index is 6.31. The molecule has 0 aromatic heterocycles. The Kier molecular flexibility index (Phi) is 3.26. The van der Waals surface area contributed by atoms with Crippen molar-refractivity contribution in [3.8, 4) is 11.5 Å². The van der Waals surface area contributed by atoms with Crippen molar-refractivity contribution in [2.75, 3.05) is 19.8 Å². The minimum absolute atomic E-state index is 0.224. The van der Waals surface area contributed by atoms with Gasteiger partial charge in [0, 0.05) is 5.56 Å². The molecule has 0 bridgehead atoms. The van der Waals surface area contributed by atoms with Gasteiger partial charge in [0.15, 0.2) is 11.5 Å². The Morgan fingerprint density at radius 1 is 1.44 bits per heavy atom. The summed E-state index contributed by atoms with van der Waals surface area (Å²) < 4.78 is 11.1. The standard InChI is InChI=1S/C12H16ClNO2/c1-7(6-14)9-5-10-12(8(2)11(9)13)16-4-3-15-10/h5,7H,3-4,6,14H2,1-2H3. The Labute approximate surface area is 100 Å². The lowest BCUT2D eigenvalue weighted by molar-refractivity contribution is 0.170. The zero-order chi connectivity index (χ0) is 11.7. The SMILES string of the molecule is Cc1c(Cl)c(C(C)CN)cc2c1OCCO2. The van der Waals surface area contributed by atoms with Gasteiger partial charge in [0.1, 0.15) is 13.2 Å². The van der Waals surface area contributed by atoms with E-state index in [9.17, 15) is 0 Å². The fourth-order valence-electron chi connectivity index (χ4n) is 1.84. The number of ether oxygens (including phenoxy) is 2. The molecule has 1 aliphatic rings. The van der Waals surface area contributed by atoms with Crippen molar-refractivity contribution in [2.45, 2.75) is 19.8 Å². The van der Waals surface area contributed by atoms with E-state index in [0.717, 1.165) is 27.6 Å². The molecule has 88 valence electrons. The van der Waals surface area contributed by atoms with E-state index >= 15 is 0 Å². The van der Waals surface area contributed by atoms with Crippen LogP contribution in [0.1, 0.15) is 24.0 Å². The highest BCUT2D eigenvalue weighted by atomic mass is 35.5. The van der Waals surface area contributed by atoms with Gasteiger partial charge in [0.2, 0.25) is 0 Å². The molecule has 1 unspecified atom stereocenters. The normalized spacial score (nSPS) is 16.0. The lowest BCUT2D eigenvalue weighted by Crippen LogP contribution is -2.18. The molecule has 1 aromatic carbocycles. The Hall–Kier alpha value is -0.930. The summed E-state index contributed by atoms with van der Waals surface area (Å²) in [6, 6.07) is 1.95. The van der Waals surface area contributed by atoms with Crippen LogP contribution in [0.4, 0.5) is 0 Å². The lowest BCUT2D eigenvalue weighted by atomic mass is 9.98. The van der Waals surface area contributed by atoms with Crippen molar-refractivity contribution in [1.29, 1.82) is 0 Å². The van der Waals surface area contributed by atoms with Crippen LogP contribution in [0, 0.1) is 6.92 Å². The largest absolute Gasteiger partial charge is 0.486 e. The molecule has 3 nitrogen and oxygen atoms in total. The molecular weight excluding hydrogens is 226 g/mol. The Bertz CT molecular complexity index is 406. The monoisotopic (exact) mass is 241 g/mol. The van der Waals surface area contributed by atoms with Crippen molar-refractivity contribution in [2.24, 2.45) is 5.73 Å². The van der Waals surface area contributed by atoms with Crippen LogP contribution < -0.4 is 15.2 Å². The van der Waals surface area contributed by atoms with E-state index in [1.807, 2.05) is 13.0 Å². The van der Waals surface area contributed by atoms with E-state index in [1.54, 1.807) is 0 Å². The summed E-state index contributed by atoms with van der Waals surface area (Å²) in [5.74, 6) is 1.77. The lowest BCUT2D eigenvalue weighted by Gasteiger charge is -2.23. The minimum Gasteiger partial charge on any atom is -0.486 e. The molecule has 1 aromatic rings. The zero-order valence-corrected chi connectivity index (χ0v) is 10.3. The van der Waals surface area contributed by atoms with Gasteiger partial charge in [-0.3, -0.25) is 0 Å². The molecule has 1 atom stereocenters. The predicted octanol–water partition coefficient (Wildman–Crippen LogP) is 2.48. The molecule has 1 heterocycles. The molecule has 0 radical (unpaired) electrons. The summed E-state index contributed by atoms with van der Waals surface area (Å²) in [6.07, 6.45) is 0. The second-order valence-electron chi connectivity index (χ2n) is 4.07. The minimum atomic E-state index is 0.224. The fraction of sp³-hybridized carbons (Fsp3) is 0.500. The van der Waals surface area contributed by atoms with Gasteiger partial charge in [-0.15, -0.1) is 0 Å². The third-order valence-corrected chi connectivity index (χ3v) is 3.41. The maximum atomic E-state index is 6.31. The highest BCUT2D eigenvalue weighted by molar-refractivity contribution is 6.32. The summed E-state index contributed by atoms with van der Waals surface area (Å²) in [6.45, 7) is 5.73. The van der Waals surface area contributed by atoms with Gasteiger partial charge in [0.05, 0.1) is 5.02 Å². The van der Waals surface area contributed by atoms with Gasteiger partial charge in [0.25, 0.3) is 0 Å². The van der Waals surface area contributed by atoms with Crippen molar-refractivity contribution in [3.63, 3.8) is 0 Å². The number of hydrogen-bond donors (Lipinski definition) is 1. The maximum Gasteiger partial charge on any atom is 0.165 e. The number of fused-ring (bicyclic) bond motifs is 1. The van der Waals surface area contributed by atoms with Crippen LogP contribution in [-0.2, 0) is 0 Å². The topological polar surface area (TPSA) is 44.5 Å². The molecule has 1 aliphatic heterocycles. The van der Waals surface area contributed by atoms with Crippen LogP contribution in [0.15, 0.2) is 6.07 Å². The zero-order valence-electron chi connectivity index (χ0n) is 9.55. The molecular formula is C12H16ClNO2. The first-order valence-electron chi connectivity index (χ1n) is 5.43. The van der Waals surface area contributed by atoms with Crippen molar-refractivity contribution in [3.05, 3.63) is 22.2 Å². The van der Waals surface area contributed by atoms with E-state index < -0.39 is 0 Å². The van der Waals surface area contributed by atoms with Crippen LogP contribution in [0.3, 0.4) is 0 Å². The van der Waals surface area contributed by atoms with Crippen LogP contribution in [0.25, 0.3) is 0 Å². The van der Waals surface area contributed by atoms with Crippen molar-refractivity contribution >= 4 is 11.6 Å². The second-order valence-corrected chi connectivity index (χ2v) is 4.44. The van der Waals surface area contributed by atoms with Crippen LogP contribution >= 0.6 is 11.6 Å². The summed E-state index contributed by atoms with van der Waals surface area (Å²) >= 11 is 6.31. The Morgan fingerprint density at radius 3 is 2.81 bits per heavy atom. The Balaban J connectivity index is 2.52. The summed E-state index contributed by atoms with van der Waals surface area (Å²) in [7, 11) is 0. The third-order valence-electron chi connectivity index (χ3n) is 2.91. The van der Waals surface area contributed by atoms with Crippen LogP contribution in [0.2, 0.25) is 5.02 Å². The number of hydrogen-bond acceptors (Lipinski definition) is 3. The molecule has 0 saturated heterocycles. The van der Waals surface area contributed by atoms with E-state index in [1.165, 1.54) is 0 Å². The Morgan fingerprint density at radius 2 is 2.12 bits per heavy atom. The van der Waals surface area contributed by atoms with Crippen molar-refractivity contribution in [1.82, 2.24) is 0 Å². The molecule has 0 fully saturated rings. The first-order chi connectivity index (χ1) is 7.65. The first-order valence-corrected chi connectivity index (χ1v) is 5.81. The van der Waals surface area contributed by atoms with E-state index in [4.69, 9.17) is 26.8 Å². The van der Waals surface area contributed by atoms with E-state index in [-0.39, 0.29) is 5.92 Å². The van der Waals surface area contributed by atoms with Crippen LogP contribution in [-0.4, -0.2) is 19.8 Å². The third kappa shape index (κ3) is 1.85. The molecule has 0 aliphatic carbocycles. The first kappa shape index (κ1) is 11.6. The molecule has 16 heavy (non-hydrogen) atoms. The molecule has 4 heteroatoms. The number of benzene rings is 1. The van der Waals surface area contributed by atoms with Gasteiger partial charge in [-0.2, -0.15) is 0 Å². The molecule has 0 amide bonds. The number of rotatable bonds is 2. The smallest absolute Gasteiger partial charge is 0.165 e. The van der Waals surface area contributed by atoms with Crippen LogP contribution in [0.5, 0.6) is 11.5 Å². The number of nitrogens with two attached hydrogens (primary N) is 1. The quantitative estimate of drug-likeness (QED) is 0.865. The second kappa shape index (κ2) is 4.52. The van der Waals surface area contributed by atoms with Gasteiger partial charge in [-0.25, -0.2) is 0 Å². The molecule has 0 saturated carbocycles. The van der Waals surface area contributed by atoms with E-state index in [2.05, 4.69) is 6.92 Å². The van der Waals surface area contributed by atoms with Gasteiger partial charge in [-0.1, -0.05) is 18.5 Å². The van der Waals surface area contributed by atoms with Gasteiger partial charge >= 0.3 is 0 Å². The fourth-order valence-corrected chi connectivity index (χ4v) is 2.17. The average Bonchev–Trinajstić information content (AvgIpc) is 2.33. The molecule has 2 N–H and O–H groups in total.